The van der Waals surface area contributed by atoms with Gasteiger partial charge in [-0.2, -0.15) is 5.06 Å². The quantitative estimate of drug-likeness (QED) is 0.851. The molecule has 118 valence electrons. The molecule has 0 radical (unpaired) electrons. The van der Waals surface area contributed by atoms with Crippen LogP contribution in [0, 0.1) is 13.8 Å². The monoisotopic (exact) mass is 303 g/mol. The van der Waals surface area contributed by atoms with Crippen LogP contribution in [0.15, 0.2) is 24.0 Å². The summed E-state index contributed by atoms with van der Waals surface area (Å²) in [5, 5.41) is 12.5. The van der Waals surface area contributed by atoms with Crippen molar-refractivity contribution < 1.29 is 19.5 Å². The SMILES string of the molecule is CON1CCC2(CC1)OC(=O)C(c1cc(C)ccc1C)=C2O. The number of nitrogens with zero attached hydrogens (tertiary/aromatic N) is 1. The van der Waals surface area contributed by atoms with Crippen LogP contribution in [0.1, 0.15) is 29.5 Å². The van der Waals surface area contributed by atoms with Gasteiger partial charge in [0, 0.05) is 25.9 Å². The second kappa shape index (κ2) is 5.41. The minimum absolute atomic E-state index is 0.0713. The van der Waals surface area contributed by atoms with Gasteiger partial charge in [0.2, 0.25) is 0 Å². The van der Waals surface area contributed by atoms with Crippen LogP contribution in [-0.4, -0.2) is 41.9 Å². The van der Waals surface area contributed by atoms with Crippen LogP contribution >= 0.6 is 0 Å². The summed E-state index contributed by atoms with van der Waals surface area (Å²) >= 11 is 0. The van der Waals surface area contributed by atoms with E-state index in [0.29, 0.717) is 31.5 Å². The van der Waals surface area contributed by atoms with Crippen molar-refractivity contribution in [2.45, 2.75) is 32.3 Å². The normalized spacial score (nSPS) is 21.5. The van der Waals surface area contributed by atoms with E-state index in [1.54, 1.807) is 7.11 Å². The number of carbonyl (C=O) groups is 1. The first-order valence-electron chi connectivity index (χ1n) is 7.50. The number of hydrogen-bond donors (Lipinski definition) is 1. The van der Waals surface area contributed by atoms with Crippen molar-refractivity contribution in [1.82, 2.24) is 5.06 Å². The van der Waals surface area contributed by atoms with Crippen molar-refractivity contribution in [3.63, 3.8) is 0 Å². The van der Waals surface area contributed by atoms with Crippen LogP contribution in [0.5, 0.6) is 0 Å². The summed E-state index contributed by atoms with van der Waals surface area (Å²) in [4.78, 5) is 17.6. The molecule has 3 rings (SSSR count). The number of aliphatic hydroxyl groups excluding tert-OH is 1. The average Bonchev–Trinajstić information content (AvgIpc) is 2.74. The van der Waals surface area contributed by atoms with E-state index in [0.717, 1.165) is 16.7 Å². The third-order valence-electron chi connectivity index (χ3n) is 4.61. The summed E-state index contributed by atoms with van der Waals surface area (Å²) in [5.41, 5.74) is 2.18. The van der Waals surface area contributed by atoms with Gasteiger partial charge in [-0.1, -0.05) is 23.8 Å². The second-order valence-electron chi connectivity index (χ2n) is 6.04. The molecule has 1 fully saturated rings. The molecule has 5 heteroatoms. The minimum Gasteiger partial charge on any atom is -0.507 e. The Hall–Kier alpha value is -1.85. The lowest BCUT2D eigenvalue weighted by molar-refractivity contribution is -0.182. The number of hydroxylamine groups is 2. The van der Waals surface area contributed by atoms with E-state index in [1.807, 2.05) is 37.1 Å². The first kappa shape index (κ1) is 15.1. The summed E-state index contributed by atoms with van der Waals surface area (Å²) in [6, 6.07) is 5.87. The van der Waals surface area contributed by atoms with Gasteiger partial charge in [-0.3, -0.25) is 0 Å². The average molecular weight is 303 g/mol. The molecule has 0 unspecified atom stereocenters. The third-order valence-corrected chi connectivity index (χ3v) is 4.61. The molecule has 2 heterocycles. The number of rotatable bonds is 2. The van der Waals surface area contributed by atoms with E-state index >= 15 is 0 Å². The number of esters is 1. The Morgan fingerprint density at radius 3 is 2.59 bits per heavy atom. The first-order chi connectivity index (χ1) is 10.5. The lowest BCUT2D eigenvalue weighted by Gasteiger charge is -2.36. The van der Waals surface area contributed by atoms with Crippen molar-refractivity contribution in [3.8, 4) is 0 Å². The third kappa shape index (κ3) is 2.30. The molecule has 2 aliphatic rings. The molecule has 0 aliphatic carbocycles. The summed E-state index contributed by atoms with van der Waals surface area (Å²) in [6.07, 6.45) is 1.07. The van der Waals surface area contributed by atoms with Crippen LogP contribution in [-0.2, 0) is 14.4 Å². The molecule has 1 aromatic rings. The summed E-state index contributed by atoms with van der Waals surface area (Å²) in [5.74, 6) is -0.362. The standard InChI is InChI=1S/C17H21NO4/c1-11-4-5-12(2)13(10-11)14-15(19)17(22-16(14)20)6-8-18(21-3)9-7-17/h4-5,10,19H,6-9H2,1-3H3. The maximum Gasteiger partial charge on any atom is 0.343 e. The van der Waals surface area contributed by atoms with Gasteiger partial charge in [0.05, 0.1) is 7.11 Å². The minimum atomic E-state index is -0.891. The molecule has 0 atom stereocenters. The van der Waals surface area contributed by atoms with Crippen molar-refractivity contribution in [2.75, 3.05) is 20.2 Å². The van der Waals surface area contributed by atoms with E-state index < -0.39 is 11.6 Å². The number of piperidine rings is 1. The van der Waals surface area contributed by atoms with Gasteiger partial charge in [0.15, 0.2) is 11.4 Å². The molecule has 2 aliphatic heterocycles. The van der Waals surface area contributed by atoms with Gasteiger partial charge in [-0.05, 0) is 25.0 Å². The molecule has 22 heavy (non-hydrogen) atoms. The number of carbonyl (C=O) groups excluding carboxylic acids is 1. The van der Waals surface area contributed by atoms with E-state index in [-0.39, 0.29) is 5.76 Å². The predicted octanol–water partition coefficient (Wildman–Crippen LogP) is 2.53. The lowest BCUT2D eigenvalue weighted by atomic mass is 9.87. The molecule has 1 aromatic carbocycles. The van der Waals surface area contributed by atoms with Gasteiger partial charge in [-0.25, -0.2) is 4.79 Å². The second-order valence-corrected chi connectivity index (χ2v) is 6.04. The molecule has 5 nitrogen and oxygen atoms in total. The Morgan fingerprint density at radius 1 is 1.27 bits per heavy atom. The van der Waals surface area contributed by atoms with Gasteiger partial charge in [0.25, 0.3) is 0 Å². The number of aryl methyl sites for hydroxylation is 2. The van der Waals surface area contributed by atoms with Crippen LogP contribution in [0.25, 0.3) is 5.57 Å². The molecular formula is C17H21NO4. The molecule has 1 saturated heterocycles. The van der Waals surface area contributed by atoms with Crippen molar-refractivity contribution >= 4 is 11.5 Å². The number of ether oxygens (including phenoxy) is 1. The fraction of sp³-hybridized carbons (Fsp3) is 0.471. The summed E-state index contributed by atoms with van der Waals surface area (Å²) in [7, 11) is 1.62. The highest BCUT2D eigenvalue weighted by molar-refractivity contribution is 6.20. The zero-order chi connectivity index (χ0) is 15.9. The smallest absolute Gasteiger partial charge is 0.343 e. The Kier molecular flexibility index (Phi) is 3.70. The maximum atomic E-state index is 12.4. The maximum absolute atomic E-state index is 12.4. The van der Waals surface area contributed by atoms with Gasteiger partial charge in [-0.15, -0.1) is 0 Å². The van der Waals surface area contributed by atoms with Gasteiger partial charge in [0.1, 0.15) is 5.57 Å². The van der Waals surface area contributed by atoms with Gasteiger partial charge >= 0.3 is 5.97 Å². The zero-order valence-electron chi connectivity index (χ0n) is 13.2. The summed E-state index contributed by atoms with van der Waals surface area (Å²) < 4.78 is 5.61. The van der Waals surface area contributed by atoms with Crippen molar-refractivity contribution in [2.24, 2.45) is 0 Å². The molecule has 1 spiro atoms. The number of benzene rings is 1. The molecule has 0 aromatic heterocycles. The van der Waals surface area contributed by atoms with E-state index in [9.17, 15) is 9.90 Å². The Morgan fingerprint density at radius 2 is 1.95 bits per heavy atom. The largest absolute Gasteiger partial charge is 0.507 e. The van der Waals surface area contributed by atoms with Crippen LogP contribution in [0.3, 0.4) is 0 Å². The fourth-order valence-corrected chi connectivity index (χ4v) is 3.21. The molecular weight excluding hydrogens is 282 g/mol. The number of hydrogen-bond acceptors (Lipinski definition) is 5. The van der Waals surface area contributed by atoms with E-state index in [1.165, 1.54) is 0 Å². The van der Waals surface area contributed by atoms with Crippen LogP contribution in [0.2, 0.25) is 0 Å². The molecule has 0 saturated carbocycles. The van der Waals surface area contributed by atoms with E-state index in [2.05, 4.69) is 0 Å². The highest BCUT2D eigenvalue weighted by Crippen LogP contribution is 2.43. The highest BCUT2D eigenvalue weighted by atomic mass is 16.7. The predicted molar refractivity (Wildman–Crippen MR) is 82.1 cm³/mol. The van der Waals surface area contributed by atoms with Crippen LogP contribution in [0.4, 0.5) is 0 Å². The molecule has 0 amide bonds. The first-order valence-corrected chi connectivity index (χ1v) is 7.50. The highest BCUT2D eigenvalue weighted by Gasteiger charge is 2.50. The van der Waals surface area contributed by atoms with E-state index in [4.69, 9.17) is 9.57 Å². The Balaban J connectivity index is 2.00. The van der Waals surface area contributed by atoms with Crippen LogP contribution < -0.4 is 0 Å². The lowest BCUT2D eigenvalue weighted by Crippen LogP contribution is -2.45. The summed E-state index contributed by atoms with van der Waals surface area (Å²) in [6.45, 7) is 5.14. The Bertz CT molecular complexity index is 642. The fourth-order valence-electron chi connectivity index (χ4n) is 3.21. The number of aliphatic hydroxyl groups is 1. The molecule has 0 bridgehead atoms. The topological polar surface area (TPSA) is 59.0 Å². The van der Waals surface area contributed by atoms with Gasteiger partial charge < -0.3 is 14.7 Å². The molecule has 1 N–H and O–H groups in total. The van der Waals surface area contributed by atoms with Crippen molar-refractivity contribution in [1.29, 1.82) is 0 Å². The zero-order valence-corrected chi connectivity index (χ0v) is 13.2. The Labute approximate surface area is 130 Å². The van der Waals surface area contributed by atoms with Crippen molar-refractivity contribution in [3.05, 3.63) is 40.6 Å².